The van der Waals surface area contributed by atoms with Gasteiger partial charge in [-0.15, -0.1) is 0 Å². The van der Waals surface area contributed by atoms with Gasteiger partial charge in [0.2, 0.25) is 0 Å². The van der Waals surface area contributed by atoms with Gasteiger partial charge in [-0.1, -0.05) is 318 Å². The fourth-order valence-electron chi connectivity index (χ4n) is 10.2. The largest absolute Gasteiger partial charge is 0.0683 e. The van der Waals surface area contributed by atoms with E-state index in [1.54, 1.807) is 0 Å². The van der Waals surface area contributed by atoms with Crippen LogP contribution < -0.4 is 0 Å². The van der Waals surface area contributed by atoms with E-state index in [9.17, 15) is 0 Å². The molecule has 0 bridgehead atoms. The summed E-state index contributed by atoms with van der Waals surface area (Å²) < 4.78 is 0. The predicted octanol–water partition coefficient (Wildman–Crippen LogP) is 22.3. The topological polar surface area (TPSA) is 0 Å². The molecule has 0 unspecified atom stereocenters. The van der Waals surface area contributed by atoms with Gasteiger partial charge in [0.05, 0.1) is 0 Å². The van der Waals surface area contributed by atoms with Crippen LogP contribution in [0.3, 0.4) is 0 Å². The fraction of sp³-hybridized carbons (Fsp3) is 0.205. The van der Waals surface area contributed by atoms with E-state index in [1.165, 1.54) is 117 Å². The van der Waals surface area contributed by atoms with Crippen LogP contribution in [-0.4, -0.2) is 0 Å². The van der Waals surface area contributed by atoms with Crippen molar-refractivity contribution in [2.75, 3.05) is 0 Å². The van der Waals surface area contributed by atoms with Crippen molar-refractivity contribution in [3.63, 3.8) is 0 Å². The lowest BCUT2D eigenvalue weighted by molar-refractivity contribution is 1.19. The zero-order chi connectivity index (χ0) is 55.7. The highest BCUT2D eigenvalue weighted by atomic mass is 14.2. The lowest BCUT2D eigenvalue weighted by Crippen LogP contribution is -1.89. The summed E-state index contributed by atoms with van der Waals surface area (Å²) in [6.45, 7) is 22.2. The van der Waals surface area contributed by atoms with E-state index in [-0.39, 0.29) is 0 Å². The van der Waals surface area contributed by atoms with Crippen molar-refractivity contribution in [1.29, 1.82) is 0 Å². The van der Waals surface area contributed by atoms with Gasteiger partial charge < -0.3 is 0 Å². The summed E-state index contributed by atoms with van der Waals surface area (Å²) >= 11 is 0. The van der Waals surface area contributed by atoms with Crippen LogP contribution in [0.25, 0.3) is 64.8 Å². The van der Waals surface area contributed by atoms with E-state index in [2.05, 4.69) is 256 Å². The maximum Gasteiger partial charge on any atom is -0.00135 e. The Labute approximate surface area is 471 Å². The van der Waals surface area contributed by atoms with Crippen LogP contribution in [0.2, 0.25) is 0 Å². The molecule has 5 aliphatic carbocycles. The molecule has 0 atom stereocenters. The summed E-state index contributed by atoms with van der Waals surface area (Å²) in [4.78, 5) is 0. The average Bonchev–Trinajstić information content (AvgIpc) is 4.41. The molecule has 0 radical (unpaired) electrons. The maximum atomic E-state index is 2.41. The SMILES string of the molecule is C1=C(/C=C/c2ccccc2)Cc2cc3c(cc21)C=C(/C=C/c1ccccc1)C3.C1=C(c2ccccc2)Cc2cc(-c3ccc4c(c3)CC(c3ccccc3)=C4)ccc21.CC.CC.CC.CC.CC.CC1=Cc2ccccc2C1. The fourth-order valence-corrected chi connectivity index (χ4v) is 10.2. The average molecular weight is 1020 g/mol. The summed E-state index contributed by atoms with van der Waals surface area (Å²) in [7, 11) is 0. The number of benzene rings is 8. The summed E-state index contributed by atoms with van der Waals surface area (Å²) in [6, 6.07) is 69.6. The number of rotatable bonds is 7. The molecule has 0 fully saturated rings. The van der Waals surface area contributed by atoms with E-state index in [4.69, 9.17) is 0 Å². The molecule has 0 spiro atoms. The first-order valence-electron chi connectivity index (χ1n) is 29.1. The smallest absolute Gasteiger partial charge is 0.00135 e. The lowest BCUT2D eigenvalue weighted by Gasteiger charge is -2.08. The van der Waals surface area contributed by atoms with Crippen molar-refractivity contribution in [3.05, 3.63) is 301 Å². The van der Waals surface area contributed by atoms with E-state index in [0.29, 0.717) is 0 Å². The minimum Gasteiger partial charge on any atom is -0.0683 e. The van der Waals surface area contributed by atoms with Gasteiger partial charge in [0.25, 0.3) is 0 Å². The first-order chi connectivity index (χ1) is 38.5. The van der Waals surface area contributed by atoms with Crippen molar-refractivity contribution in [3.8, 4) is 11.1 Å². The van der Waals surface area contributed by atoms with Crippen LogP contribution in [0, 0.1) is 0 Å². The number of hydrogen-bond acceptors (Lipinski definition) is 0. The van der Waals surface area contributed by atoms with Crippen molar-refractivity contribution in [1.82, 2.24) is 0 Å². The van der Waals surface area contributed by atoms with Crippen LogP contribution in [0.5, 0.6) is 0 Å². The zero-order valence-electron chi connectivity index (χ0n) is 48.7. The Balaban J connectivity index is 0.000000189. The van der Waals surface area contributed by atoms with Gasteiger partial charge in [0, 0.05) is 0 Å². The second-order valence-electron chi connectivity index (χ2n) is 18.6. The van der Waals surface area contributed by atoms with Crippen molar-refractivity contribution in [2.24, 2.45) is 0 Å². The van der Waals surface area contributed by atoms with E-state index >= 15 is 0 Å². The Morgan fingerprint density at radius 3 is 1.05 bits per heavy atom. The van der Waals surface area contributed by atoms with Gasteiger partial charge in [0.15, 0.2) is 0 Å². The Bertz CT molecular complexity index is 3170. The molecule has 78 heavy (non-hydrogen) atoms. The third-order valence-electron chi connectivity index (χ3n) is 13.7. The first-order valence-corrected chi connectivity index (χ1v) is 29.1. The van der Waals surface area contributed by atoms with Crippen LogP contribution in [0.15, 0.2) is 223 Å². The molecule has 0 N–H and O–H groups in total. The Morgan fingerprint density at radius 2 is 0.628 bits per heavy atom. The van der Waals surface area contributed by atoms with E-state index in [0.717, 1.165) is 32.1 Å². The molecule has 0 heterocycles. The normalized spacial score (nSPS) is 13.1. The van der Waals surface area contributed by atoms with Crippen LogP contribution in [0.4, 0.5) is 0 Å². The number of hydrogen-bond donors (Lipinski definition) is 0. The van der Waals surface area contributed by atoms with Gasteiger partial charge in [-0.05, 0) is 156 Å². The molecular formula is C78H84. The van der Waals surface area contributed by atoms with Gasteiger partial charge in [-0.3, -0.25) is 0 Å². The van der Waals surface area contributed by atoms with Crippen molar-refractivity contribution in [2.45, 2.75) is 108 Å². The molecule has 8 aromatic rings. The number of fused-ring (bicyclic) bond motifs is 5. The second-order valence-corrected chi connectivity index (χ2v) is 18.6. The maximum absolute atomic E-state index is 2.41. The molecule has 0 saturated carbocycles. The lowest BCUT2D eigenvalue weighted by atomic mass is 9.96. The molecular weight excluding hydrogens is 937 g/mol. The van der Waals surface area contributed by atoms with Crippen molar-refractivity contribution < 1.29 is 0 Å². The van der Waals surface area contributed by atoms with Gasteiger partial charge in [-0.2, -0.15) is 0 Å². The summed E-state index contributed by atoms with van der Waals surface area (Å²) in [5.74, 6) is 0. The Hall–Kier alpha value is -8.06. The summed E-state index contributed by atoms with van der Waals surface area (Å²) in [5.41, 5.74) is 28.9. The summed E-state index contributed by atoms with van der Waals surface area (Å²) in [6.07, 6.45) is 25.8. The highest BCUT2D eigenvalue weighted by molar-refractivity contribution is 5.91. The minimum atomic E-state index is 1.01. The van der Waals surface area contributed by atoms with Crippen LogP contribution in [0.1, 0.15) is 154 Å². The molecule has 0 saturated heterocycles. The van der Waals surface area contributed by atoms with Crippen molar-refractivity contribution >= 4 is 53.7 Å². The Kier molecular flexibility index (Phi) is 23.7. The first kappa shape index (κ1) is 59.2. The Morgan fingerprint density at radius 1 is 0.256 bits per heavy atom. The monoisotopic (exact) mass is 1020 g/mol. The van der Waals surface area contributed by atoms with E-state index in [1.807, 2.05) is 69.2 Å². The molecule has 0 heteroatoms. The second kappa shape index (κ2) is 31.2. The van der Waals surface area contributed by atoms with Crippen LogP contribution in [-0.2, 0) is 32.1 Å². The van der Waals surface area contributed by atoms with Gasteiger partial charge in [-0.25, -0.2) is 0 Å². The molecule has 0 amide bonds. The molecule has 5 aliphatic rings. The molecule has 396 valence electrons. The molecule has 0 nitrogen and oxygen atoms in total. The third kappa shape index (κ3) is 15.8. The standard InChI is InChI=1S/C30H22.C28H22.C10H10.5C2H6/c1-3-7-21(8-4-1)27-17-25-13-11-23(15-29(25)19-27)24-12-14-26-18-28(20-30(26)16-24)22-9-5-2-6-10-22;1-3-7-21(8-4-1)11-13-23-15-25-19-27-17-24(18-28(27)20-26(25)16-23)14-12-22-9-5-2-6-10-22;1-8-6-9-4-2-3-5-10(9)7-8;5*1-2/h1-18H,19-20H2;1-15,17,19-20H,16,18H2;2-6H,7H2,1H3;5*1-2H3/b;13-11+,14-12+;;;;;;. The molecule has 8 aromatic carbocycles. The zero-order valence-corrected chi connectivity index (χ0v) is 48.7. The quantitative estimate of drug-likeness (QED) is 0.149. The van der Waals surface area contributed by atoms with Crippen LogP contribution >= 0.6 is 0 Å². The van der Waals surface area contributed by atoms with E-state index < -0.39 is 0 Å². The molecule has 0 aromatic heterocycles. The minimum absolute atomic E-state index is 1.01. The molecule has 13 rings (SSSR count). The molecule has 0 aliphatic heterocycles. The number of allylic oxidation sites excluding steroid dienone is 7. The van der Waals surface area contributed by atoms with Gasteiger partial charge in [0.1, 0.15) is 0 Å². The van der Waals surface area contributed by atoms with Gasteiger partial charge >= 0.3 is 0 Å². The predicted molar refractivity (Wildman–Crippen MR) is 349 cm³/mol. The highest BCUT2D eigenvalue weighted by Gasteiger charge is 2.20. The summed E-state index contributed by atoms with van der Waals surface area (Å²) in [5, 5.41) is 0. The third-order valence-corrected chi connectivity index (χ3v) is 13.7. The highest BCUT2D eigenvalue weighted by Crippen LogP contribution is 2.38.